The third kappa shape index (κ3) is 3.69. The van der Waals surface area contributed by atoms with Crippen LogP contribution in [0.25, 0.3) is 11.3 Å². The van der Waals surface area contributed by atoms with Gasteiger partial charge in [0, 0.05) is 10.6 Å². The first-order valence-corrected chi connectivity index (χ1v) is 7.90. The molecule has 0 fully saturated rings. The second-order valence-electron chi connectivity index (χ2n) is 5.49. The van der Waals surface area contributed by atoms with E-state index in [4.69, 9.17) is 16.3 Å². The number of rotatable bonds is 4. The lowest BCUT2D eigenvalue weighted by atomic mass is 10.1. The summed E-state index contributed by atoms with van der Waals surface area (Å²) in [5.74, 6) is -0.532. The van der Waals surface area contributed by atoms with Crippen LogP contribution in [0.4, 0.5) is 4.39 Å². The van der Waals surface area contributed by atoms with Gasteiger partial charge in [-0.25, -0.2) is 4.68 Å². The molecule has 0 aliphatic carbocycles. The van der Waals surface area contributed by atoms with Gasteiger partial charge in [0.05, 0.1) is 24.9 Å². The molecule has 0 unspecified atom stereocenters. The van der Waals surface area contributed by atoms with Gasteiger partial charge in [-0.2, -0.15) is 14.5 Å². The van der Waals surface area contributed by atoms with Gasteiger partial charge >= 0.3 is 0 Å². The zero-order chi connectivity index (χ0) is 18.0. The Morgan fingerprint density at radius 3 is 2.60 bits per heavy atom. The number of hydrogen-bond acceptors (Lipinski definition) is 4. The van der Waals surface area contributed by atoms with E-state index in [1.165, 1.54) is 23.9 Å². The van der Waals surface area contributed by atoms with Gasteiger partial charge in [0.2, 0.25) is 11.8 Å². The average molecular weight is 360 g/mol. The Hall–Kier alpha value is -2.73. The maximum atomic E-state index is 13.3. The fourth-order valence-corrected chi connectivity index (χ4v) is 2.57. The van der Waals surface area contributed by atoms with E-state index >= 15 is 0 Å². The number of methoxy groups -OCH3 is 1. The predicted molar refractivity (Wildman–Crippen MR) is 93.5 cm³/mol. The average Bonchev–Trinajstić information content (AvgIpc) is 2.60. The van der Waals surface area contributed by atoms with Crippen molar-refractivity contribution in [2.45, 2.75) is 13.5 Å². The Morgan fingerprint density at radius 2 is 1.92 bits per heavy atom. The van der Waals surface area contributed by atoms with Crippen LogP contribution in [-0.2, 0) is 6.54 Å². The van der Waals surface area contributed by atoms with E-state index in [2.05, 4.69) is 10.1 Å². The third-order valence-corrected chi connectivity index (χ3v) is 3.95. The van der Waals surface area contributed by atoms with Crippen LogP contribution < -0.4 is 10.3 Å². The van der Waals surface area contributed by atoms with Crippen molar-refractivity contribution in [2.24, 2.45) is 0 Å². The van der Waals surface area contributed by atoms with E-state index in [-0.39, 0.29) is 11.4 Å². The Bertz CT molecular complexity index is 971. The van der Waals surface area contributed by atoms with Crippen molar-refractivity contribution in [3.63, 3.8) is 0 Å². The molecular formula is C18H15ClFN3O2. The maximum Gasteiger partial charge on any atom is 0.270 e. The minimum absolute atomic E-state index is 0.114. The fraction of sp³-hybridized carbons (Fsp3) is 0.167. The number of pyridine rings is 1. The summed E-state index contributed by atoms with van der Waals surface area (Å²) in [7, 11) is 1.40. The minimum Gasteiger partial charge on any atom is -0.480 e. The summed E-state index contributed by atoms with van der Waals surface area (Å²) in [5, 5.41) is 5.01. The maximum absolute atomic E-state index is 13.3. The molecule has 0 atom stereocenters. The normalized spacial score (nSPS) is 10.7. The Balaban J connectivity index is 2.07. The molecule has 0 radical (unpaired) electrons. The highest BCUT2D eigenvalue weighted by atomic mass is 35.5. The molecule has 0 saturated carbocycles. The highest BCUT2D eigenvalue weighted by molar-refractivity contribution is 6.30. The monoisotopic (exact) mass is 359 g/mol. The van der Waals surface area contributed by atoms with Gasteiger partial charge in [-0.05, 0) is 42.8 Å². The molecule has 25 heavy (non-hydrogen) atoms. The molecule has 0 saturated heterocycles. The molecule has 128 valence electrons. The molecule has 2 heterocycles. The van der Waals surface area contributed by atoms with Crippen molar-refractivity contribution in [1.82, 2.24) is 14.8 Å². The van der Waals surface area contributed by atoms with Crippen molar-refractivity contribution in [3.05, 3.63) is 74.9 Å². The molecule has 7 heteroatoms. The Labute approximate surface area is 148 Å². The van der Waals surface area contributed by atoms with E-state index < -0.39 is 5.95 Å². The lowest BCUT2D eigenvalue weighted by Gasteiger charge is -2.11. The van der Waals surface area contributed by atoms with Gasteiger partial charge < -0.3 is 4.74 Å². The fourth-order valence-electron chi connectivity index (χ4n) is 2.44. The summed E-state index contributed by atoms with van der Waals surface area (Å²) in [6, 6.07) is 11.6. The van der Waals surface area contributed by atoms with Crippen LogP contribution >= 0.6 is 11.6 Å². The number of benzene rings is 1. The summed E-state index contributed by atoms with van der Waals surface area (Å²) in [6.07, 6.45) is 0. The van der Waals surface area contributed by atoms with Crippen LogP contribution in [-0.4, -0.2) is 21.9 Å². The van der Waals surface area contributed by atoms with Crippen LogP contribution in [0.2, 0.25) is 5.02 Å². The number of ether oxygens (including phenoxy) is 1. The molecule has 0 aliphatic rings. The summed E-state index contributed by atoms with van der Waals surface area (Å²) in [6.45, 7) is 2.00. The summed E-state index contributed by atoms with van der Waals surface area (Å²) >= 11 is 5.89. The lowest BCUT2D eigenvalue weighted by Crippen LogP contribution is -2.25. The first-order valence-electron chi connectivity index (χ1n) is 7.52. The van der Waals surface area contributed by atoms with Crippen molar-refractivity contribution < 1.29 is 9.13 Å². The lowest BCUT2D eigenvalue weighted by molar-refractivity contribution is 0.389. The molecule has 0 amide bonds. The topological polar surface area (TPSA) is 57.0 Å². The van der Waals surface area contributed by atoms with Crippen molar-refractivity contribution in [3.8, 4) is 17.1 Å². The van der Waals surface area contributed by atoms with Gasteiger partial charge in [0.15, 0.2) is 0 Å². The molecule has 0 aliphatic heterocycles. The van der Waals surface area contributed by atoms with E-state index in [9.17, 15) is 9.18 Å². The number of nitrogens with zero attached hydrogens (tertiary/aromatic N) is 3. The molecule has 0 spiro atoms. The zero-order valence-corrected chi connectivity index (χ0v) is 14.4. The van der Waals surface area contributed by atoms with Crippen LogP contribution in [0.5, 0.6) is 5.88 Å². The van der Waals surface area contributed by atoms with Crippen molar-refractivity contribution in [2.75, 3.05) is 7.11 Å². The first kappa shape index (κ1) is 17.1. The van der Waals surface area contributed by atoms with E-state index in [1.54, 1.807) is 25.1 Å². The molecule has 0 N–H and O–H groups in total. The van der Waals surface area contributed by atoms with Crippen molar-refractivity contribution >= 4 is 11.6 Å². The van der Waals surface area contributed by atoms with Crippen molar-refractivity contribution in [1.29, 1.82) is 0 Å². The largest absolute Gasteiger partial charge is 0.480 e. The molecule has 1 aromatic carbocycles. The zero-order valence-electron chi connectivity index (χ0n) is 13.7. The van der Waals surface area contributed by atoms with Gasteiger partial charge in [0.1, 0.15) is 0 Å². The number of aryl methyl sites for hydroxylation is 1. The smallest absolute Gasteiger partial charge is 0.270 e. The van der Waals surface area contributed by atoms with Gasteiger partial charge in [-0.1, -0.05) is 23.7 Å². The van der Waals surface area contributed by atoms with E-state index in [0.717, 1.165) is 5.56 Å². The number of aromatic nitrogens is 3. The second-order valence-corrected chi connectivity index (χ2v) is 5.93. The molecule has 0 bridgehead atoms. The van der Waals surface area contributed by atoms with E-state index in [0.29, 0.717) is 28.4 Å². The molecular weight excluding hydrogens is 345 g/mol. The quantitative estimate of drug-likeness (QED) is 0.669. The number of hydrogen-bond donors (Lipinski definition) is 0. The van der Waals surface area contributed by atoms with Crippen LogP contribution in [0.15, 0.2) is 47.3 Å². The predicted octanol–water partition coefficient (Wildman–Crippen LogP) is 3.46. The highest BCUT2D eigenvalue weighted by Crippen LogP contribution is 2.26. The second kappa shape index (κ2) is 7.03. The molecule has 2 aromatic heterocycles. The third-order valence-electron chi connectivity index (χ3n) is 3.69. The standard InChI is InChI=1S/C18H15ClFN3O2/c1-11-9-15(14-7-8-16(20)21-17(14)25-2)22-23(18(11)24)10-12-3-5-13(19)6-4-12/h3-9H,10H2,1-2H3. The van der Waals surface area contributed by atoms with Crippen LogP contribution in [0.1, 0.15) is 11.1 Å². The van der Waals surface area contributed by atoms with Gasteiger partial charge in [-0.3, -0.25) is 4.79 Å². The van der Waals surface area contributed by atoms with Gasteiger partial charge in [0.25, 0.3) is 5.56 Å². The summed E-state index contributed by atoms with van der Waals surface area (Å²) in [5.41, 5.74) is 2.20. The minimum atomic E-state index is -0.646. The highest BCUT2D eigenvalue weighted by Gasteiger charge is 2.14. The SMILES string of the molecule is COc1nc(F)ccc1-c1cc(C)c(=O)n(Cc2ccc(Cl)cc2)n1. The first-order chi connectivity index (χ1) is 12.0. The Morgan fingerprint density at radius 1 is 1.20 bits per heavy atom. The molecule has 5 nitrogen and oxygen atoms in total. The Kier molecular flexibility index (Phi) is 4.81. The molecule has 3 rings (SSSR count). The van der Waals surface area contributed by atoms with Crippen LogP contribution in [0.3, 0.4) is 0 Å². The summed E-state index contributed by atoms with van der Waals surface area (Å²) in [4.78, 5) is 16.1. The van der Waals surface area contributed by atoms with Gasteiger partial charge in [-0.15, -0.1) is 0 Å². The van der Waals surface area contributed by atoms with E-state index in [1.807, 2.05) is 12.1 Å². The number of halogens is 2. The molecule has 3 aromatic rings. The van der Waals surface area contributed by atoms with Crippen LogP contribution in [0, 0.1) is 12.9 Å². The summed E-state index contributed by atoms with van der Waals surface area (Å²) < 4.78 is 19.8.